The van der Waals surface area contributed by atoms with Crippen molar-refractivity contribution in [3.63, 3.8) is 0 Å². The molecule has 0 bridgehead atoms. The molecule has 2 aromatic carbocycles. The summed E-state index contributed by atoms with van der Waals surface area (Å²) in [5.41, 5.74) is 9.13. The van der Waals surface area contributed by atoms with Crippen LogP contribution in [0.5, 0.6) is 0 Å². The third-order valence-corrected chi connectivity index (χ3v) is 7.11. The first-order valence-electron chi connectivity index (χ1n) is 13.4. The van der Waals surface area contributed by atoms with Crippen LogP contribution in [0, 0.1) is 13.8 Å². The van der Waals surface area contributed by atoms with Gasteiger partial charge in [-0.05, 0) is 88.3 Å². The van der Waals surface area contributed by atoms with E-state index in [1.165, 1.54) is 5.56 Å². The second-order valence-corrected chi connectivity index (χ2v) is 10.4. The van der Waals surface area contributed by atoms with Crippen molar-refractivity contribution in [3.8, 4) is 22.6 Å². The molecule has 2 N–H and O–H groups in total. The zero-order valence-electron chi connectivity index (χ0n) is 23.6. The van der Waals surface area contributed by atoms with Crippen LogP contribution in [0.1, 0.15) is 29.2 Å². The molecule has 0 spiro atoms. The number of likely N-dealkylation sites (N-methyl/N-ethyl adjacent to an activating group) is 1. The molecular formula is C32H35N7O. The third kappa shape index (κ3) is 6.52. The number of hydrogen-bond acceptors (Lipinski definition) is 8. The van der Waals surface area contributed by atoms with E-state index in [1.807, 2.05) is 19.1 Å². The SMILES string of the molecule is Cc1ccc(CNc2ccc(CC(C)N(C)C)cc2)cc1Nc1nccc(-c2cncc(-c3oncc3C)c2)n1. The van der Waals surface area contributed by atoms with Gasteiger partial charge in [-0.2, -0.15) is 0 Å². The highest BCUT2D eigenvalue weighted by molar-refractivity contribution is 5.69. The smallest absolute Gasteiger partial charge is 0.227 e. The van der Waals surface area contributed by atoms with Gasteiger partial charge in [0.05, 0.1) is 11.9 Å². The second-order valence-electron chi connectivity index (χ2n) is 10.4. The van der Waals surface area contributed by atoms with E-state index >= 15 is 0 Å². The molecular weight excluding hydrogens is 498 g/mol. The first-order valence-corrected chi connectivity index (χ1v) is 13.4. The number of nitrogens with one attached hydrogen (secondary N) is 2. The summed E-state index contributed by atoms with van der Waals surface area (Å²) in [5, 5.41) is 10.8. The fourth-order valence-corrected chi connectivity index (χ4v) is 4.37. The van der Waals surface area contributed by atoms with Gasteiger partial charge in [-0.1, -0.05) is 29.4 Å². The van der Waals surface area contributed by atoms with Crippen LogP contribution in [0.2, 0.25) is 0 Å². The lowest BCUT2D eigenvalue weighted by molar-refractivity contribution is 0.312. The van der Waals surface area contributed by atoms with Crippen molar-refractivity contribution in [2.45, 2.75) is 39.8 Å². The number of nitrogens with zero attached hydrogens (tertiary/aromatic N) is 5. The van der Waals surface area contributed by atoms with Crippen molar-refractivity contribution >= 4 is 17.3 Å². The van der Waals surface area contributed by atoms with Gasteiger partial charge in [-0.3, -0.25) is 4.98 Å². The van der Waals surface area contributed by atoms with Crippen molar-refractivity contribution < 1.29 is 4.52 Å². The minimum atomic E-state index is 0.507. The first-order chi connectivity index (χ1) is 19.4. The Labute approximate surface area is 235 Å². The van der Waals surface area contributed by atoms with Crippen LogP contribution < -0.4 is 10.6 Å². The normalized spacial score (nSPS) is 11.9. The van der Waals surface area contributed by atoms with E-state index in [4.69, 9.17) is 9.51 Å². The van der Waals surface area contributed by atoms with Crippen LogP contribution in [-0.2, 0) is 13.0 Å². The van der Waals surface area contributed by atoms with Crippen LogP contribution >= 0.6 is 0 Å². The fourth-order valence-electron chi connectivity index (χ4n) is 4.37. The summed E-state index contributed by atoms with van der Waals surface area (Å²) in [6.45, 7) is 6.99. The Morgan fingerprint density at radius 1 is 0.875 bits per heavy atom. The predicted molar refractivity (Wildman–Crippen MR) is 161 cm³/mol. The van der Waals surface area contributed by atoms with E-state index in [2.05, 4.69) is 101 Å². The van der Waals surface area contributed by atoms with Gasteiger partial charge in [0.1, 0.15) is 0 Å². The van der Waals surface area contributed by atoms with E-state index in [0.717, 1.165) is 51.3 Å². The maximum absolute atomic E-state index is 5.40. The molecule has 5 aromatic rings. The molecule has 0 aliphatic heterocycles. The molecule has 1 atom stereocenters. The Morgan fingerprint density at radius 3 is 2.40 bits per heavy atom. The lowest BCUT2D eigenvalue weighted by Crippen LogP contribution is -2.26. The fraction of sp³-hybridized carbons (Fsp3) is 0.250. The van der Waals surface area contributed by atoms with Crippen molar-refractivity contribution in [1.82, 2.24) is 25.0 Å². The molecule has 3 heterocycles. The second kappa shape index (κ2) is 12.1. The van der Waals surface area contributed by atoms with Crippen molar-refractivity contribution in [3.05, 3.63) is 102 Å². The van der Waals surface area contributed by atoms with E-state index in [1.54, 1.807) is 24.8 Å². The Balaban J connectivity index is 1.27. The van der Waals surface area contributed by atoms with Crippen LogP contribution in [0.25, 0.3) is 22.6 Å². The first kappa shape index (κ1) is 27.0. The summed E-state index contributed by atoms with van der Waals surface area (Å²) < 4.78 is 5.40. The minimum absolute atomic E-state index is 0.507. The molecule has 0 saturated carbocycles. The molecule has 0 fully saturated rings. The summed E-state index contributed by atoms with van der Waals surface area (Å²) in [6, 6.07) is 19.5. The molecule has 0 aliphatic rings. The molecule has 0 saturated heterocycles. The number of anilines is 3. The van der Waals surface area contributed by atoms with Gasteiger partial charge in [-0.25, -0.2) is 9.97 Å². The molecule has 3 aromatic heterocycles. The molecule has 8 nitrogen and oxygen atoms in total. The van der Waals surface area contributed by atoms with E-state index in [-0.39, 0.29) is 0 Å². The minimum Gasteiger partial charge on any atom is -0.381 e. The van der Waals surface area contributed by atoms with Gasteiger partial charge in [0.25, 0.3) is 0 Å². The number of rotatable bonds is 10. The molecule has 8 heteroatoms. The number of aryl methyl sites for hydroxylation is 2. The molecule has 0 aliphatic carbocycles. The lowest BCUT2D eigenvalue weighted by atomic mass is 10.1. The van der Waals surface area contributed by atoms with Gasteiger partial charge >= 0.3 is 0 Å². The zero-order chi connectivity index (χ0) is 28.1. The quantitative estimate of drug-likeness (QED) is 0.206. The Kier molecular flexibility index (Phi) is 8.17. The highest BCUT2D eigenvalue weighted by atomic mass is 16.5. The standard InChI is InChI=1S/C32H35N7O/c1-21-6-7-25(18-35-28-10-8-24(9-11-28)14-23(3)39(4)5)15-30(21)38-32-34-13-12-29(37-32)26-16-27(20-33-19-26)31-22(2)17-36-40-31/h6-13,15-17,19-20,23,35H,14,18H2,1-5H3,(H,34,37,38). The topological polar surface area (TPSA) is 92.0 Å². The molecule has 0 amide bonds. The van der Waals surface area contributed by atoms with Crippen molar-refractivity contribution in [2.75, 3.05) is 24.7 Å². The van der Waals surface area contributed by atoms with Gasteiger partial charge in [-0.15, -0.1) is 0 Å². The van der Waals surface area contributed by atoms with E-state index in [9.17, 15) is 0 Å². The van der Waals surface area contributed by atoms with Crippen LogP contribution in [0.3, 0.4) is 0 Å². The maximum Gasteiger partial charge on any atom is 0.227 e. The molecule has 0 radical (unpaired) electrons. The number of benzene rings is 2. The highest BCUT2D eigenvalue weighted by Gasteiger charge is 2.11. The lowest BCUT2D eigenvalue weighted by Gasteiger charge is -2.19. The largest absolute Gasteiger partial charge is 0.381 e. The van der Waals surface area contributed by atoms with Crippen LogP contribution in [0.4, 0.5) is 17.3 Å². The maximum atomic E-state index is 5.40. The third-order valence-electron chi connectivity index (χ3n) is 7.11. The van der Waals surface area contributed by atoms with Gasteiger partial charge in [0.15, 0.2) is 5.76 Å². The predicted octanol–water partition coefficient (Wildman–Crippen LogP) is 6.66. The van der Waals surface area contributed by atoms with Gasteiger partial charge < -0.3 is 20.1 Å². The molecule has 5 rings (SSSR count). The van der Waals surface area contributed by atoms with Gasteiger partial charge in [0.2, 0.25) is 5.95 Å². The number of hydrogen-bond donors (Lipinski definition) is 2. The Morgan fingerprint density at radius 2 is 1.65 bits per heavy atom. The van der Waals surface area contributed by atoms with Crippen molar-refractivity contribution in [2.24, 2.45) is 0 Å². The summed E-state index contributed by atoms with van der Waals surface area (Å²) in [4.78, 5) is 15.9. The monoisotopic (exact) mass is 533 g/mol. The van der Waals surface area contributed by atoms with Gasteiger partial charge in [0, 0.05) is 59.2 Å². The van der Waals surface area contributed by atoms with Crippen LogP contribution in [0.15, 0.2) is 83.9 Å². The molecule has 204 valence electrons. The highest BCUT2D eigenvalue weighted by Crippen LogP contribution is 2.27. The number of aromatic nitrogens is 4. The Bertz CT molecular complexity index is 1580. The van der Waals surface area contributed by atoms with E-state index < -0.39 is 0 Å². The molecule has 1 unspecified atom stereocenters. The summed E-state index contributed by atoms with van der Waals surface area (Å²) >= 11 is 0. The summed E-state index contributed by atoms with van der Waals surface area (Å²) in [5.74, 6) is 1.23. The van der Waals surface area contributed by atoms with Crippen LogP contribution in [-0.4, -0.2) is 45.1 Å². The average Bonchev–Trinajstić information content (AvgIpc) is 3.40. The summed E-state index contributed by atoms with van der Waals surface area (Å²) in [7, 11) is 4.23. The summed E-state index contributed by atoms with van der Waals surface area (Å²) in [6.07, 6.45) is 8.03. The average molecular weight is 534 g/mol. The zero-order valence-corrected chi connectivity index (χ0v) is 23.6. The molecule has 40 heavy (non-hydrogen) atoms. The van der Waals surface area contributed by atoms with E-state index in [0.29, 0.717) is 24.3 Å². The number of pyridine rings is 1. The Hall–Kier alpha value is -4.56. The van der Waals surface area contributed by atoms with Crippen molar-refractivity contribution in [1.29, 1.82) is 0 Å².